The molecule has 6 nitrogen and oxygen atoms in total. The van der Waals surface area contributed by atoms with Crippen LogP contribution in [-0.4, -0.2) is 55.9 Å². The van der Waals surface area contributed by atoms with Gasteiger partial charge in [-0.05, 0) is 87.6 Å². The maximum atomic E-state index is 4.82. The number of benzene rings is 1. The Balaban J connectivity index is 0.937. The van der Waals surface area contributed by atoms with Crippen molar-refractivity contribution in [3.63, 3.8) is 0 Å². The van der Waals surface area contributed by atoms with Crippen molar-refractivity contribution in [2.45, 2.75) is 75.0 Å². The van der Waals surface area contributed by atoms with E-state index in [4.69, 9.17) is 9.97 Å². The molecule has 7 atom stereocenters. The van der Waals surface area contributed by atoms with Crippen LogP contribution in [0, 0.1) is 11.8 Å². The van der Waals surface area contributed by atoms with E-state index in [-0.39, 0.29) is 0 Å². The highest BCUT2D eigenvalue weighted by Crippen LogP contribution is 2.49. The maximum absolute atomic E-state index is 4.82. The minimum atomic E-state index is 0.409. The Bertz CT molecular complexity index is 1390. The molecule has 2 aromatic heterocycles. The Kier molecular flexibility index (Phi) is 5.31. The van der Waals surface area contributed by atoms with Gasteiger partial charge in [0.1, 0.15) is 11.6 Å². The highest BCUT2D eigenvalue weighted by Gasteiger charge is 2.46. The van der Waals surface area contributed by atoms with E-state index in [2.05, 4.69) is 76.4 Å². The van der Waals surface area contributed by atoms with Crippen molar-refractivity contribution < 1.29 is 0 Å². The van der Waals surface area contributed by atoms with Crippen molar-refractivity contribution in [1.82, 2.24) is 29.7 Å². The summed E-state index contributed by atoms with van der Waals surface area (Å²) in [4.78, 5) is 22.0. The fraction of sp³-hybridized carbons (Fsp3) is 0.500. The molecule has 7 unspecified atom stereocenters. The third-order valence-corrected chi connectivity index (χ3v) is 10.6. The number of piperidine rings is 2. The number of H-pyrrole nitrogens is 2. The van der Waals surface area contributed by atoms with Crippen molar-refractivity contribution in [3.05, 3.63) is 77.8 Å². The zero-order chi connectivity index (χ0) is 25.4. The number of aromatic nitrogens is 4. The van der Waals surface area contributed by atoms with Gasteiger partial charge in [-0.15, -0.1) is 0 Å². The van der Waals surface area contributed by atoms with E-state index in [1.165, 1.54) is 55.2 Å². The average molecular weight is 507 g/mol. The molecule has 196 valence electrons. The number of likely N-dealkylation sites (tertiary alicyclic amines) is 2. The monoisotopic (exact) mass is 506 g/mol. The molecule has 3 aliphatic carbocycles. The molecule has 0 spiro atoms. The quantitative estimate of drug-likeness (QED) is 0.430. The maximum Gasteiger partial charge on any atom is 0.124 e. The first-order chi connectivity index (χ1) is 18.6. The summed E-state index contributed by atoms with van der Waals surface area (Å²) in [6, 6.07) is 11.5. The Hall–Kier alpha value is -2.96. The zero-order valence-corrected chi connectivity index (χ0v) is 22.5. The number of rotatable bonds is 5. The van der Waals surface area contributed by atoms with Crippen LogP contribution in [0.15, 0.2) is 54.9 Å². The van der Waals surface area contributed by atoms with Gasteiger partial charge < -0.3 is 9.97 Å². The summed E-state index contributed by atoms with van der Waals surface area (Å²) in [5.74, 6) is 4.22. The molecule has 38 heavy (non-hydrogen) atoms. The number of nitrogens with one attached hydrogen (secondary N) is 2. The number of fused-ring (bicyclic) bond motifs is 4. The van der Waals surface area contributed by atoms with Gasteiger partial charge in [0.15, 0.2) is 0 Å². The molecule has 4 bridgehead atoms. The molecule has 2 aliphatic heterocycles. The molecule has 6 heteroatoms. The summed E-state index contributed by atoms with van der Waals surface area (Å²) in [6.45, 7) is 0. The molecule has 2 saturated heterocycles. The average Bonchev–Trinajstić information content (AvgIpc) is 3.78. The second-order valence-corrected chi connectivity index (χ2v) is 12.5. The van der Waals surface area contributed by atoms with Crippen LogP contribution >= 0.6 is 0 Å². The Labute approximate surface area is 225 Å². The van der Waals surface area contributed by atoms with Crippen LogP contribution in [0.3, 0.4) is 0 Å². The van der Waals surface area contributed by atoms with Gasteiger partial charge in [-0.1, -0.05) is 42.5 Å². The van der Waals surface area contributed by atoms with Gasteiger partial charge in [0.25, 0.3) is 0 Å². The first-order valence-corrected chi connectivity index (χ1v) is 14.6. The fourth-order valence-electron chi connectivity index (χ4n) is 8.49. The first kappa shape index (κ1) is 23.0. The normalized spacial score (nSPS) is 34.5. The summed E-state index contributed by atoms with van der Waals surface area (Å²) in [6.07, 6.45) is 20.1. The molecule has 8 rings (SSSR count). The molecular weight excluding hydrogens is 468 g/mol. The van der Waals surface area contributed by atoms with Crippen LogP contribution in [0.1, 0.15) is 85.9 Å². The first-order valence-electron chi connectivity index (χ1n) is 14.6. The molecule has 2 N–H and O–H groups in total. The summed E-state index contributed by atoms with van der Waals surface area (Å²) >= 11 is 0. The van der Waals surface area contributed by atoms with Crippen LogP contribution in [0.4, 0.5) is 0 Å². The number of hydrogen-bond donors (Lipinski definition) is 2. The van der Waals surface area contributed by atoms with Gasteiger partial charge in [-0.2, -0.15) is 0 Å². The predicted octanol–water partition coefficient (Wildman–Crippen LogP) is 6.24. The number of nitrogens with zero attached hydrogens (tertiary/aromatic N) is 4. The molecule has 0 amide bonds. The fourth-order valence-corrected chi connectivity index (χ4v) is 8.49. The minimum Gasteiger partial charge on any atom is -0.341 e. The van der Waals surface area contributed by atoms with Crippen LogP contribution in [0.5, 0.6) is 0 Å². The lowest BCUT2D eigenvalue weighted by atomic mass is 9.89. The molecule has 5 aliphatic rings. The number of hydrogen-bond acceptors (Lipinski definition) is 4. The lowest BCUT2D eigenvalue weighted by molar-refractivity contribution is 0.170. The third kappa shape index (κ3) is 3.60. The van der Waals surface area contributed by atoms with Crippen molar-refractivity contribution >= 4 is 5.57 Å². The highest BCUT2D eigenvalue weighted by atomic mass is 15.2. The third-order valence-electron chi connectivity index (χ3n) is 10.6. The molecule has 2 saturated carbocycles. The zero-order valence-electron chi connectivity index (χ0n) is 22.5. The van der Waals surface area contributed by atoms with Crippen LogP contribution in [0.2, 0.25) is 0 Å². The van der Waals surface area contributed by atoms with Gasteiger partial charge in [-0.3, -0.25) is 9.80 Å². The summed E-state index contributed by atoms with van der Waals surface area (Å²) < 4.78 is 0. The minimum absolute atomic E-state index is 0.409. The van der Waals surface area contributed by atoms with Crippen molar-refractivity contribution in [2.24, 2.45) is 11.8 Å². The van der Waals surface area contributed by atoms with E-state index in [0.717, 1.165) is 53.4 Å². The van der Waals surface area contributed by atoms with Gasteiger partial charge in [0.2, 0.25) is 0 Å². The molecule has 4 heterocycles. The number of imidazole rings is 2. The predicted molar refractivity (Wildman–Crippen MR) is 150 cm³/mol. The molecular formula is C32H38N6. The van der Waals surface area contributed by atoms with E-state index in [0.29, 0.717) is 18.0 Å². The van der Waals surface area contributed by atoms with E-state index in [1.54, 1.807) is 0 Å². The van der Waals surface area contributed by atoms with Gasteiger partial charge in [0.05, 0.1) is 35.9 Å². The second-order valence-electron chi connectivity index (χ2n) is 12.5. The Morgan fingerprint density at radius 2 is 1.37 bits per heavy atom. The highest BCUT2D eigenvalue weighted by molar-refractivity contribution is 5.73. The van der Waals surface area contributed by atoms with Crippen LogP contribution in [0.25, 0.3) is 16.8 Å². The second kappa shape index (κ2) is 8.78. The number of aromatic amines is 2. The Morgan fingerprint density at radius 1 is 0.763 bits per heavy atom. The van der Waals surface area contributed by atoms with Crippen molar-refractivity contribution in [3.8, 4) is 11.3 Å². The van der Waals surface area contributed by atoms with Gasteiger partial charge in [-0.25, -0.2) is 9.97 Å². The van der Waals surface area contributed by atoms with Crippen molar-refractivity contribution in [1.29, 1.82) is 0 Å². The van der Waals surface area contributed by atoms with Crippen molar-refractivity contribution in [2.75, 3.05) is 14.1 Å². The van der Waals surface area contributed by atoms with Gasteiger partial charge >= 0.3 is 0 Å². The standard InChI is InChI=1S/C32H38N6/c1-37-25-13-11-23(15-25)29(37)31-33-17-27(35-31)21-7-3-19(4-8-21)20-5-9-22(10-6-20)28-18-34-32(36-28)30-24-12-14-26(16-24)38(30)2/h3-5,7-10,17-18,20,23-26,29-30H,6,11-16H2,1-2H3,(H,33,35)(H,34,36). The lowest BCUT2D eigenvalue weighted by Crippen LogP contribution is -2.32. The summed E-state index contributed by atoms with van der Waals surface area (Å²) in [5.41, 5.74) is 6.11. The van der Waals surface area contributed by atoms with Gasteiger partial charge in [0, 0.05) is 18.0 Å². The Morgan fingerprint density at radius 3 is 1.92 bits per heavy atom. The van der Waals surface area contributed by atoms with Crippen LogP contribution in [-0.2, 0) is 0 Å². The van der Waals surface area contributed by atoms with E-state index in [9.17, 15) is 0 Å². The molecule has 3 aromatic rings. The smallest absolute Gasteiger partial charge is 0.124 e. The van der Waals surface area contributed by atoms with Crippen LogP contribution < -0.4 is 0 Å². The molecule has 1 aromatic carbocycles. The largest absolute Gasteiger partial charge is 0.341 e. The SMILES string of the molecule is CN1C2CCC(C2)C1c1ncc(C2=CCC(c3ccc(-c4cnc(C5C6CCC(C6)N5C)[nH]4)cc3)C=C2)[nH]1. The lowest BCUT2D eigenvalue weighted by Gasteiger charge is -2.30. The summed E-state index contributed by atoms with van der Waals surface area (Å²) in [7, 11) is 4.54. The number of allylic oxidation sites excluding steroid dienone is 4. The molecule has 0 radical (unpaired) electrons. The topological polar surface area (TPSA) is 63.8 Å². The van der Waals surface area contributed by atoms with E-state index < -0.39 is 0 Å². The molecule has 4 fully saturated rings. The van der Waals surface area contributed by atoms with E-state index >= 15 is 0 Å². The summed E-state index contributed by atoms with van der Waals surface area (Å²) in [5, 5.41) is 0. The van der Waals surface area contributed by atoms with E-state index in [1.807, 2.05) is 12.4 Å².